The van der Waals surface area contributed by atoms with Gasteiger partial charge in [-0.25, -0.2) is 9.18 Å². The number of aromatic nitrogens is 2. The molecule has 0 saturated carbocycles. The Hall–Kier alpha value is -2.59. The number of methoxy groups -OCH3 is 1. The van der Waals surface area contributed by atoms with Gasteiger partial charge in [-0.2, -0.15) is 13.2 Å². The second kappa shape index (κ2) is 7.03. The number of nitrogens with zero attached hydrogens (tertiary/aromatic N) is 1. The van der Waals surface area contributed by atoms with Crippen LogP contribution in [0.3, 0.4) is 0 Å². The van der Waals surface area contributed by atoms with Crippen molar-refractivity contribution in [2.24, 2.45) is 0 Å². The first kappa shape index (κ1) is 19.7. The summed E-state index contributed by atoms with van der Waals surface area (Å²) >= 11 is 1.08. The number of thioether (sulfide) groups is 1. The van der Waals surface area contributed by atoms with Crippen LogP contribution in [0.1, 0.15) is 5.56 Å². The molecule has 1 atom stereocenters. The number of ether oxygens (including phenoxy) is 1. The highest BCUT2D eigenvalue weighted by Gasteiger charge is 2.37. The van der Waals surface area contributed by atoms with Crippen LogP contribution in [0.2, 0.25) is 0 Å². The smallest absolute Gasteiger partial charge is 0.379 e. The molecule has 0 bridgehead atoms. The van der Waals surface area contributed by atoms with E-state index in [-0.39, 0.29) is 39.2 Å². The monoisotopic (exact) mass is 426 g/mol. The first-order chi connectivity index (χ1) is 13.7. The lowest BCUT2D eigenvalue weighted by Gasteiger charge is -2.19. The quantitative estimate of drug-likeness (QED) is 0.636. The van der Waals surface area contributed by atoms with E-state index in [4.69, 9.17) is 4.74 Å². The summed E-state index contributed by atoms with van der Waals surface area (Å²) in [5.74, 6) is -0.314. The third kappa shape index (κ3) is 3.36. The number of halogens is 4. The van der Waals surface area contributed by atoms with E-state index in [0.29, 0.717) is 0 Å². The number of benzene rings is 2. The van der Waals surface area contributed by atoms with Crippen molar-refractivity contribution in [3.63, 3.8) is 0 Å². The van der Waals surface area contributed by atoms with E-state index in [1.807, 2.05) is 0 Å². The topological polar surface area (TPSA) is 64.1 Å². The van der Waals surface area contributed by atoms with E-state index < -0.39 is 34.9 Å². The van der Waals surface area contributed by atoms with Gasteiger partial charge < -0.3 is 4.74 Å². The van der Waals surface area contributed by atoms with Crippen LogP contribution < -0.4 is 11.2 Å². The fourth-order valence-electron chi connectivity index (χ4n) is 3.44. The molecule has 1 aliphatic heterocycles. The van der Waals surface area contributed by atoms with E-state index in [1.165, 1.54) is 23.8 Å². The van der Waals surface area contributed by atoms with Crippen molar-refractivity contribution >= 4 is 22.7 Å². The van der Waals surface area contributed by atoms with Crippen molar-refractivity contribution < 1.29 is 22.3 Å². The SMILES string of the molecule is CO[C@@H]1CSc2c(-c3ccc(F)cc3)c(C(F)(F)F)cc3c(=O)[nH]c(=O)n(c23)C1. The summed E-state index contributed by atoms with van der Waals surface area (Å²) in [5, 5.41) is -0.234. The number of hydrogen-bond donors (Lipinski definition) is 1. The molecular formula is C19H14F4N2O3S. The van der Waals surface area contributed by atoms with Crippen LogP contribution in [0.25, 0.3) is 22.0 Å². The zero-order valence-corrected chi connectivity index (χ0v) is 15.8. The summed E-state index contributed by atoms with van der Waals surface area (Å²) in [6.07, 6.45) is -5.22. The minimum absolute atomic E-state index is 0.0802. The van der Waals surface area contributed by atoms with Crippen molar-refractivity contribution in [3.8, 4) is 11.1 Å². The largest absolute Gasteiger partial charge is 0.417 e. The first-order valence-corrected chi connectivity index (χ1v) is 9.52. The summed E-state index contributed by atoms with van der Waals surface area (Å²) in [7, 11) is 1.44. The normalized spacial score (nSPS) is 16.8. The van der Waals surface area contributed by atoms with Gasteiger partial charge in [0, 0.05) is 23.3 Å². The molecule has 0 spiro atoms. The molecule has 1 N–H and O–H groups in total. The number of H-pyrrole nitrogens is 1. The Labute approximate surface area is 165 Å². The van der Waals surface area contributed by atoms with Crippen LogP contribution in [-0.4, -0.2) is 28.5 Å². The molecule has 152 valence electrons. The Morgan fingerprint density at radius 1 is 1.21 bits per heavy atom. The van der Waals surface area contributed by atoms with Gasteiger partial charge in [-0.15, -0.1) is 11.8 Å². The summed E-state index contributed by atoms with van der Waals surface area (Å²) < 4.78 is 61.8. The molecule has 1 aliphatic rings. The van der Waals surface area contributed by atoms with Crippen LogP contribution >= 0.6 is 11.8 Å². The highest BCUT2D eigenvalue weighted by atomic mass is 32.2. The van der Waals surface area contributed by atoms with Crippen molar-refractivity contribution in [3.05, 3.63) is 62.6 Å². The van der Waals surface area contributed by atoms with Crippen LogP contribution in [0, 0.1) is 5.82 Å². The minimum Gasteiger partial charge on any atom is -0.379 e. The maximum absolute atomic E-state index is 13.9. The zero-order chi connectivity index (χ0) is 20.9. The molecule has 10 heteroatoms. The fourth-order valence-corrected chi connectivity index (χ4v) is 4.76. The molecule has 0 aliphatic carbocycles. The van der Waals surface area contributed by atoms with Crippen LogP contribution in [-0.2, 0) is 17.5 Å². The van der Waals surface area contributed by atoms with Crippen molar-refractivity contribution in [1.82, 2.24) is 9.55 Å². The number of rotatable bonds is 2. The highest BCUT2D eigenvalue weighted by Crippen LogP contribution is 2.46. The van der Waals surface area contributed by atoms with Crippen molar-refractivity contribution in [2.75, 3.05) is 12.9 Å². The van der Waals surface area contributed by atoms with E-state index in [2.05, 4.69) is 4.98 Å². The third-order valence-electron chi connectivity index (χ3n) is 4.81. The summed E-state index contributed by atoms with van der Waals surface area (Å²) in [6, 6.07) is 5.38. The second-order valence-electron chi connectivity index (χ2n) is 6.57. The van der Waals surface area contributed by atoms with Gasteiger partial charge in [-0.05, 0) is 23.8 Å². The Bertz CT molecular complexity index is 1220. The summed E-state index contributed by atoms with van der Waals surface area (Å²) in [5.41, 5.74) is -2.57. The average molecular weight is 426 g/mol. The Morgan fingerprint density at radius 2 is 1.90 bits per heavy atom. The number of alkyl halides is 3. The zero-order valence-electron chi connectivity index (χ0n) is 15.0. The number of hydrogen-bond acceptors (Lipinski definition) is 4. The Balaban J connectivity index is 2.19. The predicted molar refractivity (Wildman–Crippen MR) is 101 cm³/mol. The van der Waals surface area contributed by atoms with Gasteiger partial charge in [0.25, 0.3) is 5.56 Å². The predicted octanol–water partition coefficient (Wildman–Crippen LogP) is 3.64. The minimum atomic E-state index is -4.77. The lowest BCUT2D eigenvalue weighted by molar-refractivity contribution is -0.137. The van der Waals surface area contributed by atoms with Crippen molar-refractivity contribution in [2.45, 2.75) is 23.7 Å². The number of nitrogens with one attached hydrogen (secondary N) is 1. The highest BCUT2D eigenvalue weighted by molar-refractivity contribution is 7.99. The molecule has 2 aromatic carbocycles. The Kier molecular flexibility index (Phi) is 4.78. The molecule has 3 aromatic rings. The lowest BCUT2D eigenvalue weighted by atomic mass is 9.96. The molecule has 29 heavy (non-hydrogen) atoms. The Morgan fingerprint density at radius 3 is 2.52 bits per heavy atom. The standard InChI is InChI=1S/C19H14F4N2O3S/c1-28-11-7-25-15-12(17(26)24-18(25)27)6-13(19(21,22)23)14(16(15)29-8-11)9-2-4-10(20)5-3-9/h2-6,11H,7-8H2,1H3,(H,24,26,27)/t11-/m0/s1. The van der Waals surface area contributed by atoms with Gasteiger partial charge in [0.1, 0.15) is 5.82 Å². The molecule has 0 radical (unpaired) electrons. The maximum atomic E-state index is 13.9. The van der Waals surface area contributed by atoms with E-state index >= 15 is 0 Å². The lowest BCUT2D eigenvalue weighted by Crippen LogP contribution is -2.34. The molecule has 0 unspecified atom stereocenters. The molecule has 0 amide bonds. The molecule has 4 rings (SSSR count). The van der Waals surface area contributed by atoms with Crippen LogP contribution in [0.5, 0.6) is 0 Å². The van der Waals surface area contributed by atoms with Crippen LogP contribution in [0.4, 0.5) is 17.6 Å². The van der Waals surface area contributed by atoms with Gasteiger partial charge in [0.05, 0.1) is 29.1 Å². The molecule has 1 aromatic heterocycles. The van der Waals surface area contributed by atoms with Gasteiger partial charge in [-0.1, -0.05) is 12.1 Å². The average Bonchev–Trinajstić information content (AvgIpc) is 2.86. The summed E-state index contributed by atoms with van der Waals surface area (Å²) in [4.78, 5) is 27.0. The first-order valence-electron chi connectivity index (χ1n) is 8.53. The fraction of sp³-hybridized carbons (Fsp3) is 0.263. The van der Waals surface area contributed by atoms with E-state index in [9.17, 15) is 27.2 Å². The third-order valence-corrected chi connectivity index (χ3v) is 6.03. The van der Waals surface area contributed by atoms with E-state index in [1.54, 1.807) is 0 Å². The maximum Gasteiger partial charge on any atom is 0.417 e. The molecule has 0 saturated heterocycles. The van der Waals surface area contributed by atoms with Gasteiger partial charge in [0.2, 0.25) is 0 Å². The van der Waals surface area contributed by atoms with Gasteiger partial charge >= 0.3 is 11.9 Å². The molecule has 5 nitrogen and oxygen atoms in total. The molecule has 0 fully saturated rings. The number of aromatic amines is 1. The second-order valence-corrected chi connectivity index (χ2v) is 7.60. The summed E-state index contributed by atoms with van der Waals surface area (Å²) in [6.45, 7) is 0.0802. The van der Waals surface area contributed by atoms with E-state index in [0.717, 1.165) is 30.0 Å². The molecular weight excluding hydrogens is 412 g/mol. The van der Waals surface area contributed by atoms with Gasteiger partial charge in [0.15, 0.2) is 0 Å². The van der Waals surface area contributed by atoms with Crippen LogP contribution in [0.15, 0.2) is 44.8 Å². The molecule has 2 heterocycles. The van der Waals surface area contributed by atoms with Gasteiger partial charge in [-0.3, -0.25) is 14.3 Å². The van der Waals surface area contributed by atoms with Crippen molar-refractivity contribution in [1.29, 1.82) is 0 Å².